The van der Waals surface area contributed by atoms with Gasteiger partial charge in [-0.1, -0.05) is 0 Å². The number of alkyl carbamates (subject to hydrolysis) is 1. The van der Waals surface area contributed by atoms with E-state index >= 15 is 0 Å². The zero-order chi connectivity index (χ0) is 16.9. The van der Waals surface area contributed by atoms with Gasteiger partial charge in [0.05, 0.1) is 13.2 Å². The van der Waals surface area contributed by atoms with Crippen molar-refractivity contribution in [3.05, 3.63) is 17.7 Å². The maximum Gasteiger partial charge on any atom is 0.407 e. The van der Waals surface area contributed by atoms with Crippen molar-refractivity contribution in [2.24, 2.45) is 0 Å². The minimum absolute atomic E-state index is 0.191. The molecule has 23 heavy (non-hydrogen) atoms. The quantitative estimate of drug-likeness (QED) is 0.614. The van der Waals surface area contributed by atoms with Crippen molar-refractivity contribution in [3.8, 4) is 11.5 Å². The third kappa shape index (κ3) is 5.67. The Bertz CT molecular complexity index is 556. The van der Waals surface area contributed by atoms with E-state index in [2.05, 4.69) is 5.32 Å². The van der Waals surface area contributed by atoms with E-state index in [1.807, 2.05) is 20.8 Å². The van der Waals surface area contributed by atoms with Crippen LogP contribution >= 0.6 is 0 Å². The summed E-state index contributed by atoms with van der Waals surface area (Å²) in [6.45, 7) is 7.07. The molecule has 126 valence electrons. The highest BCUT2D eigenvalue weighted by Gasteiger charge is 2.19. The summed E-state index contributed by atoms with van der Waals surface area (Å²) in [7, 11) is 0.519. The number of hydrogen-bond donors (Lipinski definition) is 2. The van der Waals surface area contributed by atoms with Gasteiger partial charge in [0.1, 0.15) is 17.1 Å². The van der Waals surface area contributed by atoms with E-state index in [0.717, 1.165) is 23.9 Å². The van der Waals surface area contributed by atoms with E-state index in [1.165, 1.54) is 0 Å². The molecule has 1 heterocycles. The summed E-state index contributed by atoms with van der Waals surface area (Å²) in [6.07, 6.45) is 1.18. The zero-order valence-corrected chi connectivity index (χ0v) is 14.0. The van der Waals surface area contributed by atoms with Gasteiger partial charge in [0.25, 0.3) is 0 Å². The molecule has 1 aliphatic heterocycles. The van der Waals surface area contributed by atoms with Crippen LogP contribution in [0.2, 0.25) is 0 Å². The second-order valence-electron chi connectivity index (χ2n) is 6.56. The molecular formula is C16H24BNO5. The van der Waals surface area contributed by atoms with E-state index in [4.69, 9.17) is 14.1 Å². The Labute approximate surface area is 137 Å². The van der Waals surface area contributed by atoms with Crippen LogP contribution in [0.25, 0.3) is 0 Å². The fraction of sp³-hybridized carbons (Fsp3) is 0.562. The Morgan fingerprint density at radius 2 is 2.17 bits per heavy atom. The highest BCUT2D eigenvalue weighted by atomic mass is 16.6. The van der Waals surface area contributed by atoms with Crippen LogP contribution in [0.1, 0.15) is 39.2 Å². The van der Waals surface area contributed by atoms with Crippen LogP contribution in [0, 0.1) is 0 Å². The number of nitrogens with one attached hydrogen (secondary N) is 1. The van der Waals surface area contributed by atoms with Crippen molar-refractivity contribution in [1.29, 1.82) is 0 Å². The topological polar surface area (TPSA) is 77.0 Å². The van der Waals surface area contributed by atoms with Crippen LogP contribution in [-0.4, -0.2) is 37.4 Å². The molecule has 1 aromatic rings. The average Bonchev–Trinajstić information content (AvgIpc) is 2.88. The highest BCUT2D eigenvalue weighted by molar-refractivity contribution is 6.50. The lowest BCUT2D eigenvalue weighted by atomic mass is 9.86. The second-order valence-corrected chi connectivity index (χ2v) is 6.56. The number of hydrogen-bond acceptors (Lipinski definition) is 5. The van der Waals surface area contributed by atoms with Gasteiger partial charge >= 0.3 is 13.6 Å². The first-order valence-electron chi connectivity index (χ1n) is 7.87. The molecule has 1 amide bonds. The summed E-state index contributed by atoms with van der Waals surface area (Å²) in [6, 6.07) is 3.33. The van der Waals surface area contributed by atoms with E-state index in [0.29, 0.717) is 33.0 Å². The minimum Gasteiger partial charge on any atom is -0.508 e. The summed E-state index contributed by atoms with van der Waals surface area (Å²) in [5, 5.41) is 12.4. The molecule has 0 bridgehead atoms. The van der Waals surface area contributed by atoms with Crippen LogP contribution in [0.15, 0.2) is 12.1 Å². The van der Waals surface area contributed by atoms with Gasteiger partial charge in [0.15, 0.2) is 0 Å². The lowest BCUT2D eigenvalue weighted by Gasteiger charge is -2.19. The number of ether oxygens (including phenoxy) is 2. The molecule has 2 rings (SSSR count). The molecule has 2 N–H and O–H groups in total. The molecule has 0 atom stereocenters. The second kappa shape index (κ2) is 7.59. The monoisotopic (exact) mass is 321 g/mol. The van der Waals surface area contributed by atoms with Gasteiger partial charge in [-0.05, 0) is 50.7 Å². The number of carbonyl (C=O) groups is 1. The molecule has 0 saturated heterocycles. The van der Waals surface area contributed by atoms with Crippen LogP contribution in [0.3, 0.4) is 0 Å². The molecule has 6 nitrogen and oxygen atoms in total. The van der Waals surface area contributed by atoms with Crippen molar-refractivity contribution in [2.45, 2.75) is 45.8 Å². The molecule has 0 spiro atoms. The smallest absolute Gasteiger partial charge is 0.407 e. The number of unbranched alkanes of at least 4 members (excludes halogenated alkanes) is 1. The maximum absolute atomic E-state index is 11.5. The molecule has 0 fully saturated rings. The summed E-state index contributed by atoms with van der Waals surface area (Å²) in [4.78, 5) is 11.5. The molecule has 1 aromatic carbocycles. The standard InChI is InChI=1S/C16H24BNO5/c1-16(2,3)23-15(20)18-6-4-5-7-21-13-9-12(19)8-11-10-22-17-14(11)13/h8-9,17,19H,4-7,10H2,1-3H3,(H,18,20). The fourth-order valence-electron chi connectivity index (χ4n) is 2.29. The van der Waals surface area contributed by atoms with E-state index in [-0.39, 0.29) is 5.75 Å². The highest BCUT2D eigenvalue weighted by Crippen LogP contribution is 2.23. The van der Waals surface area contributed by atoms with Crippen LogP contribution in [0.4, 0.5) is 4.79 Å². The van der Waals surface area contributed by atoms with Gasteiger partial charge in [-0.25, -0.2) is 4.79 Å². The third-order valence-corrected chi connectivity index (χ3v) is 3.29. The number of amides is 1. The Balaban J connectivity index is 1.66. The van der Waals surface area contributed by atoms with E-state index in [9.17, 15) is 9.90 Å². The molecule has 0 aromatic heterocycles. The van der Waals surface area contributed by atoms with Crippen LogP contribution in [0.5, 0.6) is 11.5 Å². The van der Waals surface area contributed by atoms with Crippen molar-refractivity contribution in [1.82, 2.24) is 5.32 Å². The van der Waals surface area contributed by atoms with Crippen molar-refractivity contribution in [2.75, 3.05) is 13.2 Å². The predicted octanol–water partition coefficient (Wildman–Crippen LogP) is 1.58. The number of aromatic hydroxyl groups is 1. The number of rotatable bonds is 6. The van der Waals surface area contributed by atoms with Crippen LogP contribution < -0.4 is 15.5 Å². The first-order chi connectivity index (χ1) is 10.8. The van der Waals surface area contributed by atoms with Gasteiger partial charge in [-0.15, -0.1) is 0 Å². The summed E-state index contributed by atoms with van der Waals surface area (Å²) < 4.78 is 16.3. The van der Waals surface area contributed by atoms with E-state index < -0.39 is 11.7 Å². The molecular weight excluding hydrogens is 297 g/mol. The van der Waals surface area contributed by atoms with Crippen LogP contribution in [-0.2, 0) is 16.0 Å². The maximum atomic E-state index is 11.5. The van der Waals surface area contributed by atoms with E-state index in [1.54, 1.807) is 12.1 Å². The zero-order valence-electron chi connectivity index (χ0n) is 14.0. The number of phenols is 1. The van der Waals surface area contributed by atoms with Crippen molar-refractivity contribution < 1.29 is 24.0 Å². The Morgan fingerprint density at radius 1 is 1.39 bits per heavy atom. The van der Waals surface area contributed by atoms with Gasteiger partial charge in [0, 0.05) is 12.6 Å². The first kappa shape index (κ1) is 17.5. The number of carbonyl (C=O) groups excluding carboxylic acids is 1. The largest absolute Gasteiger partial charge is 0.508 e. The summed E-state index contributed by atoms with van der Waals surface area (Å²) in [5.74, 6) is 0.869. The number of benzene rings is 1. The molecule has 0 saturated carbocycles. The Morgan fingerprint density at radius 3 is 2.91 bits per heavy atom. The van der Waals surface area contributed by atoms with Gasteiger partial charge in [0.2, 0.25) is 0 Å². The normalized spacial score (nSPS) is 13.2. The number of fused-ring (bicyclic) bond motifs is 1. The molecule has 0 aliphatic carbocycles. The summed E-state index contributed by atoms with van der Waals surface area (Å²) in [5.41, 5.74) is 1.51. The molecule has 0 radical (unpaired) electrons. The molecule has 7 heteroatoms. The minimum atomic E-state index is -0.481. The Hall–Kier alpha value is -1.89. The lowest BCUT2D eigenvalue weighted by Crippen LogP contribution is -2.33. The summed E-state index contributed by atoms with van der Waals surface area (Å²) >= 11 is 0. The third-order valence-electron chi connectivity index (χ3n) is 3.29. The Kier molecular flexibility index (Phi) is 5.77. The number of phenolic OH excluding ortho intramolecular Hbond substituents is 1. The van der Waals surface area contributed by atoms with Gasteiger partial charge < -0.3 is 24.6 Å². The SMILES string of the molecule is CC(C)(C)OC(=O)NCCCCOc1cc(O)cc2c1BOC2. The fourth-order valence-corrected chi connectivity index (χ4v) is 2.29. The first-order valence-corrected chi connectivity index (χ1v) is 7.87. The van der Waals surface area contributed by atoms with Gasteiger partial charge in [-0.3, -0.25) is 0 Å². The van der Waals surface area contributed by atoms with Crippen molar-refractivity contribution >= 4 is 19.0 Å². The van der Waals surface area contributed by atoms with Crippen molar-refractivity contribution in [3.63, 3.8) is 0 Å². The molecule has 1 aliphatic rings. The predicted molar refractivity (Wildman–Crippen MR) is 88.6 cm³/mol. The average molecular weight is 321 g/mol. The lowest BCUT2D eigenvalue weighted by molar-refractivity contribution is 0.0526. The van der Waals surface area contributed by atoms with Gasteiger partial charge in [-0.2, -0.15) is 0 Å². The molecule has 0 unspecified atom stereocenters.